The van der Waals surface area contributed by atoms with Crippen molar-refractivity contribution >= 4 is 35.8 Å². The van der Waals surface area contributed by atoms with E-state index in [0.29, 0.717) is 26.2 Å². The molecule has 1 atom stereocenters. The smallest absolute Gasteiger partial charge is 0.251 e. The second-order valence-electron chi connectivity index (χ2n) is 6.75. The van der Waals surface area contributed by atoms with Crippen LogP contribution in [0.4, 0.5) is 0 Å². The summed E-state index contributed by atoms with van der Waals surface area (Å²) in [6.07, 6.45) is 1.61. The van der Waals surface area contributed by atoms with E-state index < -0.39 is 0 Å². The molecule has 27 heavy (non-hydrogen) atoms. The topological polar surface area (TPSA) is 70.1 Å². The van der Waals surface area contributed by atoms with E-state index in [-0.39, 0.29) is 36.0 Å². The summed E-state index contributed by atoms with van der Waals surface area (Å²) in [5, 5.41) is 3.36. The van der Waals surface area contributed by atoms with Crippen LogP contribution in [-0.4, -0.2) is 72.1 Å². The standard InChI is InChI=1S/C19H29N5O2.HI/c1-3-20-19(21-14-16-7-4-6-15(2)22-16)24-11-9-23(10-12-24)18(25)17-8-5-13-26-17;/h4,6-7,17H,3,5,8-14H2,1-2H3,(H,20,21);1H. The quantitative estimate of drug-likeness (QED) is 0.399. The van der Waals surface area contributed by atoms with Gasteiger partial charge in [0.05, 0.1) is 12.2 Å². The van der Waals surface area contributed by atoms with E-state index in [1.165, 1.54) is 0 Å². The second kappa shape index (κ2) is 10.8. The number of carbonyl (C=O) groups is 1. The van der Waals surface area contributed by atoms with Gasteiger partial charge in [0, 0.05) is 45.0 Å². The lowest BCUT2D eigenvalue weighted by molar-refractivity contribution is -0.142. The largest absolute Gasteiger partial charge is 0.368 e. The van der Waals surface area contributed by atoms with Crippen LogP contribution in [0.15, 0.2) is 23.2 Å². The van der Waals surface area contributed by atoms with Crippen LogP contribution >= 0.6 is 24.0 Å². The molecule has 3 rings (SSSR count). The van der Waals surface area contributed by atoms with Gasteiger partial charge in [0.2, 0.25) is 0 Å². The minimum atomic E-state index is -0.226. The van der Waals surface area contributed by atoms with Gasteiger partial charge in [-0.05, 0) is 38.8 Å². The van der Waals surface area contributed by atoms with Crippen molar-refractivity contribution in [1.82, 2.24) is 20.1 Å². The number of pyridine rings is 1. The number of guanidine groups is 1. The Kier molecular flexibility index (Phi) is 8.75. The summed E-state index contributed by atoms with van der Waals surface area (Å²) in [5.74, 6) is 1.04. The van der Waals surface area contributed by atoms with Crippen LogP contribution in [0.5, 0.6) is 0 Å². The van der Waals surface area contributed by atoms with Crippen molar-refractivity contribution in [1.29, 1.82) is 0 Å². The Morgan fingerprint density at radius 1 is 1.30 bits per heavy atom. The van der Waals surface area contributed by atoms with Crippen molar-refractivity contribution in [3.05, 3.63) is 29.6 Å². The number of amides is 1. The van der Waals surface area contributed by atoms with Crippen molar-refractivity contribution in [2.75, 3.05) is 39.3 Å². The summed E-state index contributed by atoms with van der Waals surface area (Å²) in [6.45, 7) is 9.13. The Morgan fingerprint density at radius 2 is 2.04 bits per heavy atom. The molecule has 150 valence electrons. The zero-order valence-electron chi connectivity index (χ0n) is 16.2. The molecule has 1 aromatic heterocycles. The molecule has 2 fully saturated rings. The van der Waals surface area contributed by atoms with E-state index in [1.807, 2.05) is 30.0 Å². The molecule has 1 aromatic rings. The molecule has 2 aliphatic heterocycles. The van der Waals surface area contributed by atoms with E-state index in [0.717, 1.165) is 49.8 Å². The fourth-order valence-electron chi connectivity index (χ4n) is 3.38. The van der Waals surface area contributed by atoms with E-state index in [2.05, 4.69) is 22.1 Å². The number of rotatable bonds is 4. The van der Waals surface area contributed by atoms with Gasteiger partial charge in [0.1, 0.15) is 6.10 Å². The van der Waals surface area contributed by atoms with Gasteiger partial charge in [-0.1, -0.05) is 6.07 Å². The Hall–Kier alpha value is -1.42. The molecule has 0 aromatic carbocycles. The second-order valence-corrected chi connectivity index (χ2v) is 6.75. The SMILES string of the molecule is CCNC(=NCc1cccc(C)n1)N1CCN(C(=O)C2CCCO2)CC1.I. The molecule has 1 N–H and O–H groups in total. The molecule has 0 saturated carbocycles. The average molecular weight is 487 g/mol. The molecule has 0 spiro atoms. The fraction of sp³-hybridized carbons (Fsp3) is 0.632. The number of halogens is 1. The number of aryl methyl sites for hydroxylation is 1. The van der Waals surface area contributed by atoms with Crippen LogP contribution in [0.25, 0.3) is 0 Å². The highest BCUT2D eigenvalue weighted by Gasteiger charge is 2.30. The van der Waals surface area contributed by atoms with Gasteiger partial charge in [-0.2, -0.15) is 0 Å². The third kappa shape index (κ3) is 6.03. The lowest BCUT2D eigenvalue weighted by atomic mass is 10.2. The summed E-state index contributed by atoms with van der Waals surface area (Å²) in [7, 11) is 0. The zero-order valence-corrected chi connectivity index (χ0v) is 18.5. The van der Waals surface area contributed by atoms with Gasteiger partial charge in [0.15, 0.2) is 5.96 Å². The highest BCUT2D eigenvalue weighted by atomic mass is 127. The third-order valence-corrected chi connectivity index (χ3v) is 4.77. The first-order chi connectivity index (χ1) is 12.7. The lowest BCUT2D eigenvalue weighted by Crippen LogP contribution is -2.55. The van der Waals surface area contributed by atoms with Crippen molar-refractivity contribution in [2.24, 2.45) is 4.99 Å². The first kappa shape index (κ1) is 21.9. The van der Waals surface area contributed by atoms with E-state index in [1.54, 1.807) is 0 Å². The molecule has 0 bridgehead atoms. The van der Waals surface area contributed by atoms with Gasteiger partial charge >= 0.3 is 0 Å². The van der Waals surface area contributed by atoms with Crippen molar-refractivity contribution in [2.45, 2.75) is 39.3 Å². The number of ether oxygens (including phenoxy) is 1. The highest BCUT2D eigenvalue weighted by molar-refractivity contribution is 14.0. The van der Waals surface area contributed by atoms with Gasteiger partial charge in [-0.15, -0.1) is 24.0 Å². The minimum absolute atomic E-state index is 0. The predicted molar refractivity (Wildman–Crippen MR) is 116 cm³/mol. The van der Waals surface area contributed by atoms with Gasteiger partial charge in [-0.25, -0.2) is 4.99 Å². The molecule has 2 saturated heterocycles. The summed E-state index contributed by atoms with van der Waals surface area (Å²) in [5.41, 5.74) is 1.97. The normalized spacial score (nSPS) is 20.4. The lowest BCUT2D eigenvalue weighted by Gasteiger charge is -2.37. The number of aromatic nitrogens is 1. The molecule has 1 unspecified atom stereocenters. The Bertz CT molecular complexity index is 641. The molecule has 8 heteroatoms. The van der Waals surface area contributed by atoms with Crippen molar-refractivity contribution < 1.29 is 9.53 Å². The summed E-state index contributed by atoms with van der Waals surface area (Å²) in [4.78, 5) is 25.9. The first-order valence-corrected chi connectivity index (χ1v) is 9.53. The summed E-state index contributed by atoms with van der Waals surface area (Å²) >= 11 is 0. The van der Waals surface area contributed by atoms with Gasteiger partial charge in [0.25, 0.3) is 5.91 Å². The first-order valence-electron chi connectivity index (χ1n) is 9.53. The Labute approximate surface area is 178 Å². The molecular weight excluding hydrogens is 457 g/mol. The number of nitrogens with one attached hydrogen (secondary N) is 1. The number of hydrogen-bond donors (Lipinski definition) is 1. The van der Waals surface area contributed by atoms with Gasteiger partial charge in [-0.3, -0.25) is 9.78 Å². The average Bonchev–Trinajstić information content (AvgIpc) is 3.19. The summed E-state index contributed by atoms with van der Waals surface area (Å²) < 4.78 is 5.53. The maximum Gasteiger partial charge on any atom is 0.251 e. The molecule has 3 heterocycles. The maximum atomic E-state index is 12.5. The third-order valence-electron chi connectivity index (χ3n) is 4.77. The molecule has 7 nitrogen and oxygen atoms in total. The van der Waals surface area contributed by atoms with Gasteiger partial charge < -0.3 is 19.9 Å². The Balaban J connectivity index is 0.00000261. The molecule has 0 aliphatic carbocycles. The fourth-order valence-corrected chi connectivity index (χ4v) is 3.38. The van der Waals surface area contributed by atoms with Crippen molar-refractivity contribution in [3.8, 4) is 0 Å². The van der Waals surface area contributed by atoms with Crippen LogP contribution in [0.2, 0.25) is 0 Å². The van der Waals surface area contributed by atoms with Crippen molar-refractivity contribution in [3.63, 3.8) is 0 Å². The van der Waals surface area contributed by atoms with Crippen LogP contribution < -0.4 is 5.32 Å². The van der Waals surface area contributed by atoms with Crippen LogP contribution in [0.1, 0.15) is 31.2 Å². The zero-order chi connectivity index (χ0) is 18.4. The van der Waals surface area contributed by atoms with Crippen LogP contribution in [0, 0.1) is 6.92 Å². The number of hydrogen-bond acceptors (Lipinski definition) is 4. The monoisotopic (exact) mass is 487 g/mol. The van der Waals surface area contributed by atoms with Crippen LogP contribution in [-0.2, 0) is 16.1 Å². The predicted octanol–water partition coefficient (Wildman–Crippen LogP) is 1.80. The molecule has 0 radical (unpaired) electrons. The van der Waals surface area contributed by atoms with E-state index in [4.69, 9.17) is 9.73 Å². The summed E-state index contributed by atoms with van der Waals surface area (Å²) in [6, 6.07) is 6.00. The van der Waals surface area contributed by atoms with E-state index in [9.17, 15) is 4.79 Å². The van der Waals surface area contributed by atoms with Crippen LogP contribution in [0.3, 0.4) is 0 Å². The number of piperazine rings is 1. The number of nitrogens with zero attached hydrogens (tertiary/aromatic N) is 4. The minimum Gasteiger partial charge on any atom is -0.368 e. The molecule has 1 amide bonds. The molecule has 2 aliphatic rings. The Morgan fingerprint density at radius 3 is 2.67 bits per heavy atom. The van der Waals surface area contributed by atoms with E-state index >= 15 is 0 Å². The molecular formula is C19H30IN5O2. The number of aliphatic imine (C=N–C) groups is 1. The highest BCUT2D eigenvalue weighted by Crippen LogP contribution is 2.16. The maximum absolute atomic E-state index is 12.5. The number of carbonyl (C=O) groups excluding carboxylic acids is 1.